The van der Waals surface area contributed by atoms with Crippen LogP contribution in [0.5, 0.6) is 0 Å². The van der Waals surface area contributed by atoms with E-state index in [0.717, 1.165) is 13.2 Å². The highest BCUT2D eigenvalue weighted by Gasteiger charge is 2.29. The first-order chi connectivity index (χ1) is 7.06. The van der Waals surface area contributed by atoms with E-state index in [0.29, 0.717) is 24.1 Å². The largest absolute Gasteiger partial charge is 0.377 e. The summed E-state index contributed by atoms with van der Waals surface area (Å²) in [4.78, 5) is 2.44. The molecule has 0 aromatic rings. The Balaban J connectivity index is 2.42. The highest BCUT2D eigenvalue weighted by molar-refractivity contribution is 4.83. The third-order valence-electron chi connectivity index (χ3n) is 3.56. The summed E-state index contributed by atoms with van der Waals surface area (Å²) in [6.07, 6.45) is 1.56. The van der Waals surface area contributed by atoms with Crippen LogP contribution >= 0.6 is 0 Å². The lowest BCUT2D eigenvalue weighted by molar-refractivity contribution is 0.0785. The second-order valence-corrected chi connectivity index (χ2v) is 5.01. The van der Waals surface area contributed by atoms with Gasteiger partial charge in [0.1, 0.15) is 0 Å². The molecule has 3 atom stereocenters. The minimum Gasteiger partial charge on any atom is -0.377 e. The maximum absolute atomic E-state index is 5.60. The fourth-order valence-electron chi connectivity index (χ4n) is 2.38. The Hall–Kier alpha value is -0.120. The molecule has 0 aromatic heterocycles. The maximum Gasteiger partial charge on any atom is 0.0702 e. The van der Waals surface area contributed by atoms with Gasteiger partial charge in [0, 0.05) is 25.2 Å². The Bertz CT molecular complexity index is 184. The molecule has 1 saturated heterocycles. The third kappa shape index (κ3) is 3.44. The van der Waals surface area contributed by atoms with Crippen molar-refractivity contribution in [3.8, 4) is 0 Å². The lowest BCUT2D eigenvalue weighted by Gasteiger charge is -2.31. The quantitative estimate of drug-likeness (QED) is 0.747. The number of ether oxygens (including phenoxy) is 1. The van der Waals surface area contributed by atoms with Crippen molar-refractivity contribution in [1.82, 2.24) is 10.2 Å². The monoisotopic (exact) mass is 214 g/mol. The Morgan fingerprint density at radius 3 is 2.53 bits per heavy atom. The second kappa shape index (κ2) is 5.83. The molecule has 3 heteroatoms. The van der Waals surface area contributed by atoms with E-state index in [1.54, 1.807) is 0 Å². The molecule has 0 aromatic carbocycles. The summed E-state index contributed by atoms with van der Waals surface area (Å²) >= 11 is 0. The summed E-state index contributed by atoms with van der Waals surface area (Å²) in [6.45, 7) is 8.74. The van der Waals surface area contributed by atoms with Gasteiger partial charge in [-0.2, -0.15) is 0 Å². The van der Waals surface area contributed by atoms with Gasteiger partial charge in [0.25, 0.3) is 0 Å². The lowest BCUT2D eigenvalue weighted by atomic mass is 10.0. The Labute approximate surface area is 94.2 Å². The predicted octanol–water partition coefficient (Wildman–Crippen LogP) is 1.34. The first-order valence-corrected chi connectivity index (χ1v) is 6.05. The second-order valence-electron chi connectivity index (χ2n) is 5.01. The molecule has 1 fully saturated rings. The van der Waals surface area contributed by atoms with E-state index in [1.807, 2.05) is 7.05 Å². The van der Waals surface area contributed by atoms with Gasteiger partial charge in [0.05, 0.1) is 6.10 Å². The van der Waals surface area contributed by atoms with Crippen molar-refractivity contribution >= 4 is 0 Å². The molecule has 0 aliphatic carbocycles. The normalized spacial score (nSPS) is 29.0. The molecule has 0 radical (unpaired) electrons. The number of likely N-dealkylation sites (N-methyl/N-ethyl adjacent to an activating group) is 2. The van der Waals surface area contributed by atoms with Crippen molar-refractivity contribution in [3.63, 3.8) is 0 Å². The minimum atomic E-state index is 0.389. The molecule has 3 nitrogen and oxygen atoms in total. The fraction of sp³-hybridized carbons (Fsp3) is 1.00. The van der Waals surface area contributed by atoms with E-state index < -0.39 is 0 Å². The third-order valence-corrected chi connectivity index (χ3v) is 3.56. The van der Waals surface area contributed by atoms with Gasteiger partial charge in [-0.25, -0.2) is 0 Å². The van der Waals surface area contributed by atoms with Gasteiger partial charge in [-0.1, -0.05) is 13.8 Å². The number of rotatable bonds is 5. The molecule has 1 N–H and O–H groups in total. The number of hydrogen-bond acceptors (Lipinski definition) is 3. The van der Waals surface area contributed by atoms with Gasteiger partial charge in [-0.15, -0.1) is 0 Å². The first-order valence-electron chi connectivity index (χ1n) is 6.05. The van der Waals surface area contributed by atoms with Crippen LogP contribution in [-0.2, 0) is 4.74 Å². The molecule has 1 aliphatic rings. The van der Waals surface area contributed by atoms with Crippen LogP contribution in [0.4, 0.5) is 0 Å². The number of nitrogens with one attached hydrogen (secondary N) is 1. The van der Waals surface area contributed by atoms with Crippen LogP contribution in [-0.4, -0.2) is 50.3 Å². The topological polar surface area (TPSA) is 24.5 Å². The van der Waals surface area contributed by atoms with Crippen LogP contribution in [0.15, 0.2) is 0 Å². The first kappa shape index (κ1) is 12.9. The standard InChI is InChI=1S/C12H26N2O/c1-9(2)11(13-4)8-14(5)12-6-7-15-10(12)3/h9-13H,6-8H2,1-5H3. The van der Waals surface area contributed by atoms with E-state index in [-0.39, 0.29) is 0 Å². The number of nitrogens with zero attached hydrogens (tertiary/aromatic N) is 1. The summed E-state index contributed by atoms with van der Waals surface area (Å²) in [5.41, 5.74) is 0. The average Bonchev–Trinajstić information content (AvgIpc) is 2.60. The smallest absolute Gasteiger partial charge is 0.0702 e. The molecule has 1 heterocycles. The van der Waals surface area contributed by atoms with Gasteiger partial charge in [0.2, 0.25) is 0 Å². The highest BCUT2D eigenvalue weighted by atomic mass is 16.5. The summed E-state index contributed by atoms with van der Waals surface area (Å²) in [7, 11) is 4.26. The van der Waals surface area contributed by atoms with Crippen LogP contribution < -0.4 is 5.32 Å². The molecule has 90 valence electrons. The van der Waals surface area contributed by atoms with Gasteiger partial charge >= 0.3 is 0 Å². The maximum atomic E-state index is 5.60. The molecule has 0 amide bonds. The summed E-state index contributed by atoms with van der Waals surface area (Å²) in [6, 6.07) is 1.17. The van der Waals surface area contributed by atoms with Crippen molar-refractivity contribution in [2.75, 3.05) is 27.2 Å². The van der Waals surface area contributed by atoms with E-state index >= 15 is 0 Å². The minimum absolute atomic E-state index is 0.389. The van der Waals surface area contributed by atoms with Crippen LogP contribution in [0.1, 0.15) is 27.2 Å². The van der Waals surface area contributed by atoms with E-state index in [9.17, 15) is 0 Å². The molecule has 15 heavy (non-hydrogen) atoms. The number of hydrogen-bond donors (Lipinski definition) is 1. The lowest BCUT2D eigenvalue weighted by Crippen LogP contribution is -2.46. The predicted molar refractivity (Wildman–Crippen MR) is 64.1 cm³/mol. The Morgan fingerprint density at radius 1 is 1.47 bits per heavy atom. The SMILES string of the molecule is CNC(CN(C)C1CCOC1C)C(C)C. The van der Waals surface area contributed by atoms with E-state index in [2.05, 4.69) is 38.0 Å². The fourth-order valence-corrected chi connectivity index (χ4v) is 2.38. The van der Waals surface area contributed by atoms with Gasteiger partial charge in [0.15, 0.2) is 0 Å². The van der Waals surface area contributed by atoms with Crippen LogP contribution in [0.25, 0.3) is 0 Å². The molecule has 0 spiro atoms. The van der Waals surface area contributed by atoms with Crippen molar-refractivity contribution in [3.05, 3.63) is 0 Å². The van der Waals surface area contributed by atoms with Crippen molar-refractivity contribution < 1.29 is 4.74 Å². The molecule has 3 unspecified atom stereocenters. The summed E-state index contributed by atoms with van der Waals surface area (Å²) in [5, 5.41) is 3.39. The van der Waals surface area contributed by atoms with Crippen LogP contribution in [0.3, 0.4) is 0 Å². The zero-order valence-electron chi connectivity index (χ0n) is 10.8. The summed E-state index contributed by atoms with van der Waals surface area (Å²) < 4.78 is 5.60. The van der Waals surface area contributed by atoms with Gasteiger partial charge in [-0.3, -0.25) is 4.90 Å². The van der Waals surface area contributed by atoms with E-state index in [4.69, 9.17) is 4.74 Å². The molecule has 1 aliphatic heterocycles. The molecule has 0 bridgehead atoms. The molecule has 1 rings (SSSR count). The Morgan fingerprint density at radius 2 is 2.13 bits per heavy atom. The van der Waals surface area contributed by atoms with E-state index in [1.165, 1.54) is 6.42 Å². The zero-order chi connectivity index (χ0) is 11.4. The van der Waals surface area contributed by atoms with Crippen molar-refractivity contribution in [2.45, 2.75) is 45.4 Å². The van der Waals surface area contributed by atoms with Crippen LogP contribution in [0, 0.1) is 5.92 Å². The molecule has 0 saturated carbocycles. The average molecular weight is 214 g/mol. The van der Waals surface area contributed by atoms with Crippen LogP contribution in [0.2, 0.25) is 0 Å². The summed E-state index contributed by atoms with van der Waals surface area (Å²) in [5.74, 6) is 0.676. The zero-order valence-corrected chi connectivity index (χ0v) is 10.8. The molecular formula is C12H26N2O. The van der Waals surface area contributed by atoms with Crippen molar-refractivity contribution in [1.29, 1.82) is 0 Å². The highest BCUT2D eigenvalue weighted by Crippen LogP contribution is 2.19. The van der Waals surface area contributed by atoms with Gasteiger partial charge < -0.3 is 10.1 Å². The van der Waals surface area contributed by atoms with Crippen molar-refractivity contribution in [2.24, 2.45) is 5.92 Å². The molecular weight excluding hydrogens is 188 g/mol. The van der Waals surface area contributed by atoms with Gasteiger partial charge in [-0.05, 0) is 33.4 Å². The Kier molecular flexibility index (Phi) is 5.03.